The van der Waals surface area contributed by atoms with E-state index in [-0.39, 0.29) is 30.4 Å². The van der Waals surface area contributed by atoms with Crippen molar-refractivity contribution in [2.75, 3.05) is 27.1 Å². The monoisotopic (exact) mass is 532 g/mol. The summed E-state index contributed by atoms with van der Waals surface area (Å²) in [7, 11) is 1.63. The van der Waals surface area contributed by atoms with Crippen LogP contribution in [-0.4, -0.2) is 32.2 Å². The molecule has 0 saturated heterocycles. The first kappa shape index (κ1) is 23.9. The van der Waals surface area contributed by atoms with Crippen molar-refractivity contribution in [2.45, 2.75) is 32.2 Å². The van der Waals surface area contributed by atoms with Gasteiger partial charge < -0.3 is 40.8 Å². The maximum Gasteiger partial charge on any atom is 0.294 e. The second-order valence-electron chi connectivity index (χ2n) is 8.03. The van der Waals surface area contributed by atoms with E-state index in [2.05, 4.69) is 33.8 Å². The number of nitrogens with zero attached hydrogens (tertiary/aromatic N) is 2. The van der Waals surface area contributed by atoms with E-state index in [9.17, 15) is 10.1 Å². The van der Waals surface area contributed by atoms with E-state index >= 15 is 0 Å². The van der Waals surface area contributed by atoms with Crippen LogP contribution in [0.25, 0.3) is 22.0 Å². The van der Waals surface area contributed by atoms with Gasteiger partial charge >= 0.3 is 0 Å². The fraction of sp³-hybridized carbons (Fsp3) is 0.375. The van der Waals surface area contributed by atoms with Gasteiger partial charge in [0.1, 0.15) is 0 Å². The lowest BCUT2D eigenvalue weighted by molar-refractivity contribution is -0.757. The van der Waals surface area contributed by atoms with E-state index in [1.54, 1.807) is 7.11 Å². The molecule has 0 amide bonds. The molecule has 34 heavy (non-hydrogen) atoms. The molecule has 0 radical (unpaired) electrons. The van der Waals surface area contributed by atoms with Gasteiger partial charge in [-0.2, -0.15) is 4.57 Å². The summed E-state index contributed by atoms with van der Waals surface area (Å²) in [6.45, 7) is 1.71. The second kappa shape index (κ2) is 10.3. The molecule has 10 heteroatoms. The van der Waals surface area contributed by atoms with Crippen LogP contribution >= 0.6 is 0 Å². The Hall–Kier alpha value is -3.27. The molecule has 3 aromatic rings. The number of hydrogen-bond acceptors (Lipinski definition) is 7. The average Bonchev–Trinajstić information content (AvgIpc) is 3.28. The molecule has 2 aliphatic rings. The standard InChI is InChI=1S/C24H25N2O7.BrH/c1-29-21-6-5-16-11-20-18-13-23-22(31-15-32-23)12-17(18)7-8-25(20)14-19(16)24(21)30-9-3-2-4-10-33-26(27)28;/h5-6,11-14H,2-4,7-10,15H2,1H3;1H/q+1;/p-1. The van der Waals surface area contributed by atoms with Crippen molar-refractivity contribution in [3.63, 3.8) is 0 Å². The molecule has 3 heterocycles. The summed E-state index contributed by atoms with van der Waals surface area (Å²) >= 11 is 0. The molecule has 5 rings (SSSR count). The fourth-order valence-electron chi connectivity index (χ4n) is 4.40. The topological polar surface area (TPSA) is 93.2 Å². The van der Waals surface area contributed by atoms with Crippen molar-refractivity contribution in [1.29, 1.82) is 0 Å². The highest BCUT2D eigenvalue weighted by molar-refractivity contribution is 5.91. The largest absolute Gasteiger partial charge is 1.00 e. The minimum absolute atomic E-state index is 0. The maximum absolute atomic E-state index is 10.2. The highest BCUT2D eigenvalue weighted by Crippen LogP contribution is 2.41. The third kappa shape index (κ3) is 4.68. The van der Waals surface area contributed by atoms with Gasteiger partial charge in [-0.3, -0.25) is 0 Å². The lowest BCUT2D eigenvalue weighted by Crippen LogP contribution is -3.00. The van der Waals surface area contributed by atoms with Crippen molar-refractivity contribution in [1.82, 2.24) is 0 Å². The molecule has 2 aromatic carbocycles. The van der Waals surface area contributed by atoms with Gasteiger partial charge in [0, 0.05) is 12.5 Å². The summed E-state index contributed by atoms with van der Waals surface area (Å²) in [5.41, 5.74) is 3.54. The first-order valence-corrected chi connectivity index (χ1v) is 11.0. The Kier molecular flexibility index (Phi) is 7.26. The Labute approximate surface area is 207 Å². The molecule has 1 aromatic heterocycles. The molecular formula is C24H25BrN2O7. The molecule has 0 saturated carbocycles. The number of aromatic nitrogens is 1. The molecule has 0 spiro atoms. The molecule has 0 fully saturated rings. The Bertz CT molecular complexity index is 1220. The highest BCUT2D eigenvalue weighted by Gasteiger charge is 2.28. The summed E-state index contributed by atoms with van der Waals surface area (Å²) in [4.78, 5) is 14.6. The first-order chi connectivity index (χ1) is 16.1. The molecule has 2 aliphatic heterocycles. The number of pyridine rings is 1. The van der Waals surface area contributed by atoms with Crippen LogP contribution < -0.4 is 40.5 Å². The van der Waals surface area contributed by atoms with Gasteiger partial charge in [-0.1, -0.05) is 0 Å². The van der Waals surface area contributed by atoms with E-state index in [4.69, 9.17) is 18.9 Å². The number of ether oxygens (including phenoxy) is 4. The van der Waals surface area contributed by atoms with Crippen LogP contribution in [-0.2, 0) is 17.8 Å². The van der Waals surface area contributed by atoms with Crippen LogP contribution in [0.1, 0.15) is 24.8 Å². The number of unbranched alkanes of at least 4 members (excludes halogenated alkanes) is 2. The van der Waals surface area contributed by atoms with Gasteiger partial charge in [0.05, 0.1) is 31.3 Å². The predicted octanol–water partition coefficient (Wildman–Crippen LogP) is 0.849. The van der Waals surface area contributed by atoms with Crippen molar-refractivity contribution >= 4 is 10.8 Å². The zero-order chi connectivity index (χ0) is 22.8. The minimum atomic E-state index is -0.762. The zero-order valence-electron chi connectivity index (χ0n) is 18.8. The van der Waals surface area contributed by atoms with Gasteiger partial charge in [-0.25, -0.2) is 0 Å². The lowest BCUT2D eigenvalue weighted by atomic mass is 9.95. The van der Waals surface area contributed by atoms with Crippen molar-refractivity contribution in [3.8, 4) is 34.3 Å². The second-order valence-corrected chi connectivity index (χ2v) is 8.03. The number of aryl methyl sites for hydroxylation is 2. The van der Waals surface area contributed by atoms with E-state index in [0.29, 0.717) is 24.5 Å². The molecule has 0 atom stereocenters. The zero-order valence-corrected chi connectivity index (χ0v) is 20.3. The summed E-state index contributed by atoms with van der Waals surface area (Å²) < 4.78 is 25.1. The van der Waals surface area contributed by atoms with Gasteiger partial charge in [0.15, 0.2) is 35.7 Å². The Balaban J connectivity index is 0.00000274. The molecule has 180 valence electrons. The molecule has 0 bridgehead atoms. The fourth-order valence-corrected chi connectivity index (χ4v) is 4.40. The van der Waals surface area contributed by atoms with Crippen molar-refractivity contribution < 1.29 is 50.4 Å². The lowest BCUT2D eigenvalue weighted by Gasteiger charge is -2.18. The molecular weight excluding hydrogens is 508 g/mol. The molecule has 0 N–H and O–H groups in total. The number of rotatable bonds is 9. The summed E-state index contributed by atoms with van der Waals surface area (Å²) in [5, 5.41) is 11.5. The molecule has 0 unspecified atom stereocenters. The van der Waals surface area contributed by atoms with E-state index in [1.807, 2.05) is 12.1 Å². The third-order valence-corrected chi connectivity index (χ3v) is 6.03. The summed E-state index contributed by atoms with van der Waals surface area (Å²) in [6.07, 6.45) is 5.18. The third-order valence-electron chi connectivity index (χ3n) is 6.03. The van der Waals surface area contributed by atoms with Crippen LogP contribution in [0, 0.1) is 10.1 Å². The Morgan fingerprint density at radius 1 is 1.09 bits per heavy atom. The normalized spacial score (nSPS) is 13.0. The van der Waals surface area contributed by atoms with Crippen molar-refractivity contribution in [3.05, 3.63) is 52.2 Å². The van der Waals surface area contributed by atoms with Gasteiger partial charge in [-0.05, 0) is 54.5 Å². The van der Waals surface area contributed by atoms with Gasteiger partial charge in [-0.15, -0.1) is 10.1 Å². The molecule has 0 aliphatic carbocycles. The average molecular weight is 533 g/mol. The van der Waals surface area contributed by atoms with Crippen LogP contribution in [0.3, 0.4) is 0 Å². The molecule has 9 nitrogen and oxygen atoms in total. The highest BCUT2D eigenvalue weighted by atomic mass is 79.9. The van der Waals surface area contributed by atoms with Crippen LogP contribution in [0.2, 0.25) is 0 Å². The number of halogens is 1. The predicted molar refractivity (Wildman–Crippen MR) is 118 cm³/mol. The minimum Gasteiger partial charge on any atom is -1.00 e. The SMILES string of the molecule is COc1ccc2cc3[n+](cc2c1OCCCCCO[N+](=O)[O-])CCc1cc2c(cc1-3)OCO2.[Br-]. The van der Waals surface area contributed by atoms with Crippen LogP contribution in [0.15, 0.2) is 36.5 Å². The number of hydrogen-bond donors (Lipinski definition) is 0. The van der Waals surface area contributed by atoms with Crippen molar-refractivity contribution in [2.24, 2.45) is 0 Å². The smallest absolute Gasteiger partial charge is 0.294 e. The van der Waals surface area contributed by atoms with Gasteiger partial charge in [0.2, 0.25) is 12.5 Å². The number of methoxy groups -OCH3 is 1. The van der Waals surface area contributed by atoms with E-state index < -0.39 is 5.09 Å². The van der Waals surface area contributed by atoms with E-state index in [0.717, 1.165) is 59.3 Å². The van der Waals surface area contributed by atoms with Crippen LogP contribution in [0.5, 0.6) is 23.0 Å². The number of benzene rings is 2. The first-order valence-electron chi connectivity index (χ1n) is 11.0. The van der Waals surface area contributed by atoms with Crippen LogP contribution in [0.4, 0.5) is 0 Å². The van der Waals surface area contributed by atoms with E-state index in [1.165, 1.54) is 5.56 Å². The maximum atomic E-state index is 10.2. The Morgan fingerprint density at radius 2 is 1.88 bits per heavy atom. The van der Waals surface area contributed by atoms with Gasteiger partial charge in [0.25, 0.3) is 5.09 Å². The number of fused-ring (bicyclic) bond motifs is 5. The quantitative estimate of drug-likeness (QED) is 0.174. The summed E-state index contributed by atoms with van der Waals surface area (Å²) in [6, 6.07) is 10.3. The summed E-state index contributed by atoms with van der Waals surface area (Å²) in [5.74, 6) is 2.99. The Morgan fingerprint density at radius 3 is 2.68 bits per heavy atom.